The molecule has 0 saturated heterocycles. The van der Waals surface area contributed by atoms with E-state index in [9.17, 15) is 0 Å². The van der Waals surface area contributed by atoms with Crippen LogP contribution in [0.1, 0.15) is 12.5 Å². The third kappa shape index (κ3) is 2.78. The molecule has 0 amide bonds. The van der Waals surface area contributed by atoms with Gasteiger partial charge in [-0.1, -0.05) is 5.16 Å². The molecule has 0 bridgehead atoms. The molecule has 0 radical (unpaired) electrons. The largest absolute Gasteiger partial charge is 0.493 e. The monoisotopic (exact) mass is 289 g/mol. The first-order chi connectivity index (χ1) is 8.71. The van der Waals surface area contributed by atoms with Crippen molar-refractivity contribution in [1.82, 2.24) is 0 Å². The van der Waals surface area contributed by atoms with Crippen molar-refractivity contribution in [3.8, 4) is 23.0 Å². The number of fused-ring (bicyclic) bond motifs is 1. The summed E-state index contributed by atoms with van der Waals surface area (Å²) in [5.41, 5.74) is 1.38. The first-order valence-electron chi connectivity index (χ1n) is 5.42. The van der Waals surface area contributed by atoms with E-state index in [1.54, 1.807) is 27.2 Å². The second-order valence-electron chi connectivity index (χ2n) is 3.85. The molecule has 1 aromatic rings. The van der Waals surface area contributed by atoms with Gasteiger partial charge in [-0.05, 0) is 13.0 Å². The van der Waals surface area contributed by atoms with Gasteiger partial charge in [-0.15, -0.1) is 12.4 Å². The Labute approximate surface area is 117 Å². The van der Waals surface area contributed by atoms with Gasteiger partial charge in [-0.2, -0.15) is 0 Å². The molecule has 1 N–H and O–H groups in total. The summed E-state index contributed by atoms with van der Waals surface area (Å²) in [7, 11) is 3.11. The number of benzene rings is 1. The highest BCUT2D eigenvalue weighted by Crippen LogP contribution is 2.49. The van der Waals surface area contributed by atoms with Gasteiger partial charge in [0.2, 0.25) is 18.3 Å². The highest BCUT2D eigenvalue weighted by molar-refractivity contribution is 5.85. The number of oxime groups is 1. The van der Waals surface area contributed by atoms with Crippen LogP contribution in [0.3, 0.4) is 0 Å². The summed E-state index contributed by atoms with van der Waals surface area (Å²) in [6, 6.07) is 1.79. The Bertz CT molecular complexity index is 489. The molecule has 106 valence electrons. The van der Waals surface area contributed by atoms with Gasteiger partial charge in [0.05, 0.1) is 19.9 Å². The zero-order valence-corrected chi connectivity index (χ0v) is 11.7. The Morgan fingerprint density at radius 1 is 1.32 bits per heavy atom. The fourth-order valence-corrected chi connectivity index (χ4v) is 1.88. The van der Waals surface area contributed by atoms with Gasteiger partial charge in [0.25, 0.3) is 0 Å². The van der Waals surface area contributed by atoms with Crippen LogP contribution < -0.4 is 18.9 Å². The first kappa shape index (κ1) is 15.2. The second kappa shape index (κ2) is 6.38. The molecule has 0 aliphatic carbocycles. The molecule has 1 heterocycles. The van der Waals surface area contributed by atoms with Crippen LogP contribution >= 0.6 is 12.4 Å². The lowest BCUT2D eigenvalue weighted by Gasteiger charge is -2.13. The lowest BCUT2D eigenvalue weighted by Crippen LogP contribution is -2.02. The van der Waals surface area contributed by atoms with Gasteiger partial charge in [0.15, 0.2) is 11.5 Å². The normalized spacial score (nSPS) is 12.9. The standard InChI is InChI=1S/C12H15NO5.ClH/c1-7(13-14)4-8-5-9(15-2)11-12(10(8)16-3)18-6-17-11;/h5,14H,4,6H2,1-3H3;1H. The molecule has 0 atom stereocenters. The average molecular weight is 290 g/mol. The molecule has 6 nitrogen and oxygen atoms in total. The van der Waals surface area contributed by atoms with Gasteiger partial charge in [0.1, 0.15) is 0 Å². The van der Waals surface area contributed by atoms with Crippen LogP contribution in [0.15, 0.2) is 11.2 Å². The Kier molecular flexibility index (Phi) is 5.11. The summed E-state index contributed by atoms with van der Waals surface area (Å²) in [4.78, 5) is 0. The predicted octanol–water partition coefficient (Wildman–Crippen LogP) is 2.25. The molecule has 0 fully saturated rings. The maximum atomic E-state index is 8.74. The zero-order chi connectivity index (χ0) is 13.1. The minimum absolute atomic E-state index is 0. The van der Waals surface area contributed by atoms with Crippen molar-refractivity contribution in [2.75, 3.05) is 21.0 Å². The molecular weight excluding hydrogens is 274 g/mol. The summed E-state index contributed by atoms with van der Waals surface area (Å²) in [5, 5.41) is 11.9. The smallest absolute Gasteiger partial charge is 0.231 e. The highest BCUT2D eigenvalue weighted by Gasteiger charge is 2.27. The molecule has 0 unspecified atom stereocenters. The fraction of sp³-hybridized carbons (Fsp3) is 0.417. The third-order valence-electron chi connectivity index (χ3n) is 2.68. The van der Waals surface area contributed by atoms with E-state index in [4.69, 9.17) is 24.2 Å². The summed E-state index contributed by atoms with van der Waals surface area (Å²) in [6.45, 7) is 1.86. The van der Waals surface area contributed by atoms with Gasteiger partial charge < -0.3 is 24.2 Å². The molecule has 1 aliphatic heterocycles. The Balaban J connectivity index is 0.00000180. The van der Waals surface area contributed by atoms with E-state index in [2.05, 4.69) is 5.16 Å². The van der Waals surface area contributed by atoms with Crippen molar-refractivity contribution < 1.29 is 24.2 Å². The van der Waals surface area contributed by atoms with Crippen molar-refractivity contribution in [2.24, 2.45) is 5.16 Å². The minimum Gasteiger partial charge on any atom is -0.493 e. The predicted molar refractivity (Wildman–Crippen MR) is 71.5 cm³/mol. The van der Waals surface area contributed by atoms with Crippen LogP contribution in [0.2, 0.25) is 0 Å². The molecule has 19 heavy (non-hydrogen) atoms. The number of hydrogen-bond acceptors (Lipinski definition) is 6. The van der Waals surface area contributed by atoms with Crippen molar-refractivity contribution in [1.29, 1.82) is 0 Å². The van der Waals surface area contributed by atoms with Crippen LogP contribution in [0.25, 0.3) is 0 Å². The molecule has 7 heteroatoms. The maximum Gasteiger partial charge on any atom is 0.231 e. The number of hydrogen-bond donors (Lipinski definition) is 1. The molecule has 1 aliphatic rings. The Morgan fingerprint density at radius 3 is 2.58 bits per heavy atom. The van der Waals surface area contributed by atoms with E-state index in [-0.39, 0.29) is 19.2 Å². The topological polar surface area (TPSA) is 69.5 Å². The van der Waals surface area contributed by atoms with Crippen LogP contribution in [0, 0.1) is 0 Å². The quantitative estimate of drug-likeness (QED) is 0.523. The van der Waals surface area contributed by atoms with Gasteiger partial charge in [0, 0.05) is 12.0 Å². The minimum atomic E-state index is 0. The second-order valence-corrected chi connectivity index (χ2v) is 3.85. The fourth-order valence-electron chi connectivity index (χ4n) is 1.88. The molecule has 2 rings (SSSR count). The Morgan fingerprint density at radius 2 is 2.00 bits per heavy atom. The van der Waals surface area contributed by atoms with Gasteiger partial charge >= 0.3 is 0 Å². The van der Waals surface area contributed by atoms with Crippen molar-refractivity contribution in [3.63, 3.8) is 0 Å². The molecule has 1 aromatic carbocycles. The van der Waals surface area contributed by atoms with E-state index in [1.165, 1.54) is 0 Å². The van der Waals surface area contributed by atoms with E-state index < -0.39 is 0 Å². The number of methoxy groups -OCH3 is 2. The molecular formula is C12H16ClNO5. The van der Waals surface area contributed by atoms with E-state index >= 15 is 0 Å². The van der Waals surface area contributed by atoms with E-state index in [0.717, 1.165) is 5.56 Å². The average Bonchev–Trinajstić information content (AvgIpc) is 2.86. The van der Waals surface area contributed by atoms with Crippen LogP contribution in [0.5, 0.6) is 23.0 Å². The number of nitrogens with zero attached hydrogens (tertiary/aromatic N) is 1. The SMILES string of the molecule is COc1cc(CC(C)=NO)c(OC)c2c1OCO2.Cl. The van der Waals surface area contributed by atoms with Crippen molar-refractivity contribution >= 4 is 18.1 Å². The summed E-state index contributed by atoms with van der Waals surface area (Å²) >= 11 is 0. The van der Waals surface area contributed by atoms with E-state index in [1.807, 2.05) is 0 Å². The molecule has 0 aromatic heterocycles. The zero-order valence-electron chi connectivity index (χ0n) is 10.9. The lowest BCUT2D eigenvalue weighted by atomic mass is 10.1. The van der Waals surface area contributed by atoms with Crippen molar-refractivity contribution in [2.45, 2.75) is 13.3 Å². The Hall–Kier alpha value is -1.82. The number of rotatable bonds is 4. The highest BCUT2D eigenvalue weighted by atomic mass is 35.5. The summed E-state index contributed by atoms with van der Waals surface area (Å²) < 4.78 is 21.3. The maximum absolute atomic E-state index is 8.74. The number of halogens is 1. The molecule has 0 saturated carbocycles. The third-order valence-corrected chi connectivity index (χ3v) is 2.68. The van der Waals surface area contributed by atoms with E-state index in [0.29, 0.717) is 35.1 Å². The lowest BCUT2D eigenvalue weighted by molar-refractivity contribution is 0.168. The van der Waals surface area contributed by atoms with Crippen LogP contribution in [-0.2, 0) is 6.42 Å². The van der Waals surface area contributed by atoms with Crippen molar-refractivity contribution in [3.05, 3.63) is 11.6 Å². The molecule has 0 spiro atoms. The van der Waals surface area contributed by atoms with Crippen LogP contribution in [-0.4, -0.2) is 31.9 Å². The van der Waals surface area contributed by atoms with Gasteiger partial charge in [-0.3, -0.25) is 0 Å². The first-order valence-corrected chi connectivity index (χ1v) is 5.42. The number of ether oxygens (including phenoxy) is 4. The summed E-state index contributed by atoms with van der Waals surface area (Å²) in [6.07, 6.45) is 0.437. The summed E-state index contributed by atoms with van der Waals surface area (Å²) in [5.74, 6) is 2.21. The van der Waals surface area contributed by atoms with Gasteiger partial charge in [-0.25, -0.2) is 0 Å². The van der Waals surface area contributed by atoms with Crippen LogP contribution in [0.4, 0.5) is 0 Å².